The molecule has 1 heterocycles. The predicted molar refractivity (Wildman–Crippen MR) is 75.9 cm³/mol. The number of rotatable bonds is 5. The van der Waals surface area contributed by atoms with Crippen molar-refractivity contribution < 1.29 is 9.90 Å². The maximum absolute atomic E-state index is 11.9. The summed E-state index contributed by atoms with van der Waals surface area (Å²) in [6.07, 6.45) is 2.01. The number of aromatic nitrogens is 3. The number of hydrogen-bond donors (Lipinski definition) is 2. The largest absolute Gasteiger partial charge is 0.396 e. The molecular weight excluding hydrogens is 303 g/mol. The van der Waals surface area contributed by atoms with Gasteiger partial charge >= 0.3 is 0 Å². The molecule has 0 atom stereocenters. The van der Waals surface area contributed by atoms with E-state index in [0.717, 1.165) is 0 Å². The number of nitrogens with one attached hydrogen (secondary N) is 1. The number of aliphatic hydroxyl groups excluding tert-OH is 1. The molecule has 1 aromatic carbocycles. The van der Waals surface area contributed by atoms with Crippen LogP contribution in [-0.4, -0.2) is 32.6 Å². The highest BCUT2D eigenvalue weighted by Crippen LogP contribution is 2.25. The van der Waals surface area contributed by atoms with Crippen LogP contribution < -0.4 is 5.32 Å². The van der Waals surface area contributed by atoms with E-state index in [1.54, 1.807) is 24.4 Å². The molecule has 2 rings (SSSR count). The highest BCUT2D eigenvalue weighted by atomic mass is 35.5. The molecule has 8 heteroatoms. The Labute approximate surface area is 125 Å². The summed E-state index contributed by atoms with van der Waals surface area (Å²) in [5, 5.41) is 19.9. The van der Waals surface area contributed by atoms with E-state index in [9.17, 15) is 4.79 Å². The first kappa shape index (κ1) is 14.8. The smallest absolute Gasteiger partial charge is 0.246 e. The van der Waals surface area contributed by atoms with E-state index in [2.05, 4.69) is 15.6 Å². The third-order valence-corrected chi connectivity index (χ3v) is 3.03. The summed E-state index contributed by atoms with van der Waals surface area (Å²) in [6.45, 7) is -0.00964. The second-order valence-electron chi connectivity index (χ2n) is 4.05. The van der Waals surface area contributed by atoms with Gasteiger partial charge in [-0.3, -0.25) is 4.79 Å². The van der Waals surface area contributed by atoms with Crippen LogP contribution in [0.25, 0.3) is 0 Å². The van der Waals surface area contributed by atoms with Gasteiger partial charge in [0.15, 0.2) is 0 Å². The van der Waals surface area contributed by atoms with E-state index < -0.39 is 0 Å². The Kier molecular flexibility index (Phi) is 4.94. The van der Waals surface area contributed by atoms with Gasteiger partial charge in [-0.15, -0.1) is 5.10 Å². The van der Waals surface area contributed by atoms with Crippen molar-refractivity contribution in [2.24, 2.45) is 0 Å². The monoisotopic (exact) mass is 314 g/mol. The molecule has 0 radical (unpaired) electrons. The number of carbonyl (C=O) groups excluding carboxylic acids is 1. The summed E-state index contributed by atoms with van der Waals surface area (Å²) in [4.78, 5) is 11.9. The first-order valence-corrected chi connectivity index (χ1v) is 6.59. The molecule has 106 valence electrons. The van der Waals surface area contributed by atoms with Crippen LogP contribution in [-0.2, 0) is 17.8 Å². The topological polar surface area (TPSA) is 80.0 Å². The zero-order valence-electron chi connectivity index (χ0n) is 10.4. The Morgan fingerprint density at radius 1 is 1.40 bits per heavy atom. The summed E-state index contributed by atoms with van der Waals surface area (Å²) in [7, 11) is 0. The fourth-order valence-electron chi connectivity index (χ4n) is 1.58. The lowest BCUT2D eigenvalue weighted by atomic mass is 10.3. The number of nitrogens with zero attached hydrogens (tertiary/aromatic N) is 3. The Morgan fingerprint density at radius 3 is 2.95 bits per heavy atom. The minimum absolute atomic E-state index is 0.00126. The third-order valence-electron chi connectivity index (χ3n) is 2.46. The van der Waals surface area contributed by atoms with Crippen molar-refractivity contribution in [1.29, 1.82) is 0 Å². The van der Waals surface area contributed by atoms with E-state index in [4.69, 9.17) is 28.3 Å². The Bertz CT molecular complexity index is 615. The van der Waals surface area contributed by atoms with Crippen LogP contribution in [0.5, 0.6) is 0 Å². The number of hydrogen-bond acceptors (Lipinski definition) is 4. The minimum Gasteiger partial charge on any atom is -0.396 e. The summed E-state index contributed by atoms with van der Waals surface area (Å²) in [5.41, 5.74) is 1.07. The first-order chi connectivity index (χ1) is 9.58. The number of carbonyl (C=O) groups is 1. The average molecular weight is 315 g/mol. The molecule has 0 saturated carbocycles. The van der Waals surface area contributed by atoms with Gasteiger partial charge in [-0.05, 0) is 18.2 Å². The molecule has 20 heavy (non-hydrogen) atoms. The van der Waals surface area contributed by atoms with Gasteiger partial charge in [0.05, 0.1) is 16.4 Å². The molecule has 2 N–H and O–H groups in total. The predicted octanol–water partition coefficient (Wildman–Crippen LogP) is 1.76. The number of anilines is 1. The zero-order chi connectivity index (χ0) is 14.5. The van der Waals surface area contributed by atoms with Gasteiger partial charge < -0.3 is 10.4 Å². The lowest BCUT2D eigenvalue weighted by Crippen LogP contribution is -2.19. The Morgan fingerprint density at radius 2 is 2.20 bits per heavy atom. The molecule has 0 aliphatic heterocycles. The molecule has 0 unspecified atom stereocenters. The molecule has 1 aromatic heterocycles. The second kappa shape index (κ2) is 6.69. The fraction of sp³-hybridized carbons (Fsp3) is 0.250. The molecule has 0 spiro atoms. The van der Waals surface area contributed by atoms with Crippen molar-refractivity contribution in [3.63, 3.8) is 0 Å². The lowest BCUT2D eigenvalue weighted by Gasteiger charge is -2.07. The number of amides is 1. The summed E-state index contributed by atoms with van der Waals surface area (Å²) in [5.74, 6) is -0.297. The van der Waals surface area contributed by atoms with Crippen molar-refractivity contribution in [2.75, 3.05) is 11.9 Å². The SMILES string of the molecule is O=C(Cn1cc(CCO)nn1)Nc1cc(Cl)ccc1Cl. The molecule has 6 nitrogen and oxygen atoms in total. The van der Waals surface area contributed by atoms with E-state index in [0.29, 0.717) is 27.8 Å². The van der Waals surface area contributed by atoms with Gasteiger partial charge in [0.1, 0.15) is 6.54 Å². The number of halogens is 2. The summed E-state index contributed by atoms with van der Waals surface area (Å²) >= 11 is 11.8. The van der Waals surface area contributed by atoms with Gasteiger partial charge in [0.25, 0.3) is 0 Å². The second-order valence-corrected chi connectivity index (χ2v) is 4.90. The summed E-state index contributed by atoms with van der Waals surface area (Å²) < 4.78 is 1.39. The van der Waals surface area contributed by atoms with Crippen molar-refractivity contribution >= 4 is 34.8 Å². The molecule has 0 aliphatic rings. The molecule has 1 amide bonds. The number of benzene rings is 1. The van der Waals surface area contributed by atoms with Crippen molar-refractivity contribution in [3.8, 4) is 0 Å². The van der Waals surface area contributed by atoms with Crippen LogP contribution in [0.3, 0.4) is 0 Å². The van der Waals surface area contributed by atoms with Crippen LogP contribution in [0.4, 0.5) is 5.69 Å². The van der Waals surface area contributed by atoms with Crippen molar-refractivity contribution in [3.05, 3.63) is 40.1 Å². The molecule has 0 fully saturated rings. The highest BCUT2D eigenvalue weighted by molar-refractivity contribution is 6.35. The van der Waals surface area contributed by atoms with Gasteiger partial charge in [0, 0.05) is 24.2 Å². The van der Waals surface area contributed by atoms with Crippen LogP contribution in [0, 0.1) is 0 Å². The van der Waals surface area contributed by atoms with E-state index in [-0.39, 0.29) is 19.1 Å². The van der Waals surface area contributed by atoms with E-state index in [1.165, 1.54) is 4.68 Å². The minimum atomic E-state index is -0.297. The molecule has 0 saturated heterocycles. The quantitative estimate of drug-likeness (QED) is 0.881. The first-order valence-electron chi connectivity index (χ1n) is 5.83. The van der Waals surface area contributed by atoms with Crippen LogP contribution in [0.2, 0.25) is 10.0 Å². The van der Waals surface area contributed by atoms with Crippen LogP contribution >= 0.6 is 23.2 Å². The van der Waals surface area contributed by atoms with E-state index in [1.807, 2.05) is 0 Å². The average Bonchev–Trinajstić information content (AvgIpc) is 2.81. The molecular formula is C12H12Cl2N4O2. The van der Waals surface area contributed by atoms with Crippen LogP contribution in [0.15, 0.2) is 24.4 Å². The standard InChI is InChI=1S/C12H12Cl2N4O2/c13-8-1-2-10(14)11(5-8)15-12(20)7-18-6-9(3-4-19)16-17-18/h1-2,5-6,19H,3-4,7H2,(H,15,20). The van der Waals surface area contributed by atoms with Crippen molar-refractivity contribution in [1.82, 2.24) is 15.0 Å². The van der Waals surface area contributed by atoms with Gasteiger partial charge in [-0.25, -0.2) is 4.68 Å². The third kappa shape index (κ3) is 3.93. The Hall–Kier alpha value is -1.63. The zero-order valence-corrected chi connectivity index (χ0v) is 11.9. The lowest BCUT2D eigenvalue weighted by molar-refractivity contribution is -0.116. The van der Waals surface area contributed by atoms with Crippen LogP contribution in [0.1, 0.15) is 5.69 Å². The van der Waals surface area contributed by atoms with Gasteiger partial charge in [-0.2, -0.15) is 0 Å². The van der Waals surface area contributed by atoms with Crippen molar-refractivity contribution in [2.45, 2.75) is 13.0 Å². The maximum atomic E-state index is 11.9. The Balaban J connectivity index is 1.99. The number of aliphatic hydroxyl groups is 1. The molecule has 0 aliphatic carbocycles. The van der Waals surface area contributed by atoms with Gasteiger partial charge in [0.2, 0.25) is 5.91 Å². The van der Waals surface area contributed by atoms with E-state index >= 15 is 0 Å². The molecule has 2 aromatic rings. The fourth-order valence-corrected chi connectivity index (χ4v) is 1.91. The highest BCUT2D eigenvalue weighted by Gasteiger charge is 2.09. The summed E-state index contributed by atoms with van der Waals surface area (Å²) in [6, 6.07) is 4.81. The normalized spacial score (nSPS) is 10.6. The molecule has 0 bridgehead atoms. The van der Waals surface area contributed by atoms with Gasteiger partial charge in [-0.1, -0.05) is 28.4 Å². The maximum Gasteiger partial charge on any atom is 0.246 e.